The number of para-hydroxylation sites is 2. The van der Waals surface area contributed by atoms with Crippen molar-refractivity contribution in [2.45, 2.75) is 13.8 Å². The monoisotopic (exact) mass is 506 g/mol. The molecule has 182 valence electrons. The maximum Gasteiger partial charge on any atom is 0.0541 e. The number of hydrogen-bond acceptors (Lipinski definition) is 2. The fraction of sp³-hybridized carbons (Fsp3) is 0.0571. The first-order valence-corrected chi connectivity index (χ1v) is 13.7. The topological polar surface area (TPSA) is 17.8 Å². The lowest BCUT2D eigenvalue weighted by Gasteiger charge is -2.12. The molecular formula is C35H26N2S. The van der Waals surface area contributed by atoms with Gasteiger partial charge in [-0.3, -0.25) is 4.98 Å². The third-order valence-electron chi connectivity index (χ3n) is 7.43. The Labute approximate surface area is 225 Å². The van der Waals surface area contributed by atoms with E-state index in [0.29, 0.717) is 0 Å². The molecule has 7 aromatic rings. The zero-order valence-corrected chi connectivity index (χ0v) is 22.2. The molecule has 2 nitrogen and oxygen atoms in total. The van der Waals surface area contributed by atoms with Gasteiger partial charge in [-0.1, -0.05) is 78.9 Å². The van der Waals surface area contributed by atoms with Crippen LogP contribution in [0.3, 0.4) is 0 Å². The molecule has 0 saturated carbocycles. The van der Waals surface area contributed by atoms with Crippen LogP contribution in [-0.2, 0) is 0 Å². The predicted octanol–water partition coefficient (Wildman–Crippen LogP) is 10.1. The highest BCUT2D eigenvalue weighted by atomic mass is 32.1. The molecule has 38 heavy (non-hydrogen) atoms. The van der Waals surface area contributed by atoms with Crippen molar-refractivity contribution in [3.63, 3.8) is 0 Å². The third-order valence-corrected chi connectivity index (χ3v) is 8.62. The Morgan fingerprint density at radius 1 is 0.763 bits per heavy atom. The Morgan fingerprint density at radius 2 is 1.47 bits per heavy atom. The summed E-state index contributed by atoms with van der Waals surface area (Å²) in [4.78, 5) is 4.34. The van der Waals surface area contributed by atoms with Crippen molar-refractivity contribution < 1.29 is 0 Å². The standard InChI is InChI=1S/C35H26N2S/c1-3-24(20-23(2)27-14-9-15-31-30-18-19-36-22-34(30)38-35(27)31)25-10-8-11-26(21-25)37-32-16-6-4-12-28(32)29-13-5-7-17-33(29)37/h3-22H,1-2H3/b23-20+,24-3+. The zero-order chi connectivity index (χ0) is 25.6. The quantitative estimate of drug-likeness (QED) is 0.217. The lowest BCUT2D eigenvalue weighted by atomic mass is 9.98. The smallest absolute Gasteiger partial charge is 0.0541 e. The van der Waals surface area contributed by atoms with Gasteiger partial charge in [-0.15, -0.1) is 11.3 Å². The molecule has 0 radical (unpaired) electrons. The van der Waals surface area contributed by atoms with Crippen LogP contribution in [0.2, 0.25) is 0 Å². The van der Waals surface area contributed by atoms with Gasteiger partial charge in [0.2, 0.25) is 0 Å². The summed E-state index contributed by atoms with van der Waals surface area (Å²) in [7, 11) is 0. The third kappa shape index (κ3) is 3.59. The molecule has 0 aliphatic rings. The fourth-order valence-corrected chi connectivity index (χ4v) is 6.88. The molecule has 3 aromatic heterocycles. The molecule has 0 unspecified atom stereocenters. The first kappa shape index (κ1) is 22.7. The Kier molecular flexibility index (Phi) is 5.45. The molecule has 4 aromatic carbocycles. The molecule has 3 heteroatoms. The molecule has 3 heterocycles. The summed E-state index contributed by atoms with van der Waals surface area (Å²) in [5.41, 5.74) is 8.58. The summed E-state index contributed by atoms with van der Waals surface area (Å²) in [5.74, 6) is 0. The number of pyridine rings is 1. The molecule has 0 bridgehead atoms. The van der Waals surface area contributed by atoms with Crippen LogP contribution < -0.4 is 0 Å². The largest absolute Gasteiger partial charge is 0.309 e. The number of fused-ring (bicyclic) bond motifs is 6. The minimum atomic E-state index is 1.17. The summed E-state index contributed by atoms with van der Waals surface area (Å²) >= 11 is 1.82. The Morgan fingerprint density at radius 3 is 2.24 bits per heavy atom. The van der Waals surface area contributed by atoms with E-state index in [4.69, 9.17) is 0 Å². The Hall–Kier alpha value is -4.47. The van der Waals surface area contributed by atoms with Crippen LogP contribution in [0.15, 0.2) is 122 Å². The van der Waals surface area contributed by atoms with Gasteiger partial charge in [0, 0.05) is 44.3 Å². The Balaban J connectivity index is 1.34. The van der Waals surface area contributed by atoms with Gasteiger partial charge in [0.1, 0.15) is 0 Å². The summed E-state index contributed by atoms with van der Waals surface area (Å²) in [6.07, 6.45) is 8.39. The SMILES string of the molecule is C/C=C(\C=C(/C)c1cccc2c1sc1cnccc12)c1cccc(-n2c3ccccc3c3ccccc32)c1. The second kappa shape index (κ2) is 9.13. The summed E-state index contributed by atoms with van der Waals surface area (Å²) in [6, 6.07) is 35.0. The molecule has 0 saturated heterocycles. The first-order chi connectivity index (χ1) is 18.7. The fourth-order valence-electron chi connectivity index (χ4n) is 5.63. The number of allylic oxidation sites excluding steroid dienone is 4. The number of rotatable bonds is 4. The van der Waals surface area contributed by atoms with E-state index in [1.165, 1.54) is 69.9 Å². The van der Waals surface area contributed by atoms with Crippen LogP contribution >= 0.6 is 11.3 Å². The van der Waals surface area contributed by atoms with Gasteiger partial charge in [-0.05, 0) is 66.5 Å². The van der Waals surface area contributed by atoms with Crippen molar-refractivity contribution >= 4 is 64.5 Å². The van der Waals surface area contributed by atoms with Crippen LogP contribution in [0.1, 0.15) is 25.0 Å². The van der Waals surface area contributed by atoms with E-state index < -0.39 is 0 Å². The molecule has 7 rings (SSSR count). The van der Waals surface area contributed by atoms with Gasteiger partial charge in [0.25, 0.3) is 0 Å². The van der Waals surface area contributed by atoms with Gasteiger partial charge in [0.05, 0.1) is 15.7 Å². The van der Waals surface area contributed by atoms with Crippen molar-refractivity contribution in [2.24, 2.45) is 0 Å². The number of benzene rings is 4. The number of aromatic nitrogens is 2. The highest BCUT2D eigenvalue weighted by molar-refractivity contribution is 7.26. The molecule has 0 atom stereocenters. The van der Waals surface area contributed by atoms with E-state index in [-0.39, 0.29) is 0 Å². The normalized spacial score (nSPS) is 12.8. The maximum absolute atomic E-state index is 4.34. The lowest BCUT2D eigenvalue weighted by Crippen LogP contribution is -1.95. The average Bonchev–Trinajstić information content (AvgIpc) is 3.52. The van der Waals surface area contributed by atoms with E-state index in [1.54, 1.807) is 0 Å². The summed E-state index contributed by atoms with van der Waals surface area (Å²) in [5, 5.41) is 5.14. The molecule has 0 N–H and O–H groups in total. The van der Waals surface area contributed by atoms with Crippen molar-refractivity contribution in [2.75, 3.05) is 0 Å². The molecule has 0 fully saturated rings. The minimum Gasteiger partial charge on any atom is -0.309 e. The van der Waals surface area contributed by atoms with Crippen LogP contribution in [-0.4, -0.2) is 9.55 Å². The van der Waals surface area contributed by atoms with Crippen LogP contribution in [0.5, 0.6) is 0 Å². The highest BCUT2D eigenvalue weighted by Crippen LogP contribution is 2.38. The Bertz CT molecular complexity index is 2000. The van der Waals surface area contributed by atoms with Crippen molar-refractivity contribution in [1.29, 1.82) is 0 Å². The van der Waals surface area contributed by atoms with Gasteiger partial charge in [-0.2, -0.15) is 0 Å². The average molecular weight is 507 g/mol. The number of thiophene rings is 1. The molecule has 0 spiro atoms. The van der Waals surface area contributed by atoms with E-state index in [0.717, 1.165) is 0 Å². The highest BCUT2D eigenvalue weighted by Gasteiger charge is 2.13. The van der Waals surface area contributed by atoms with Crippen molar-refractivity contribution in [3.8, 4) is 5.69 Å². The minimum absolute atomic E-state index is 1.17. The van der Waals surface area contributed by atoms with E-state index >= 15 is 0 Å². The van der Waals surface area contributed by atoms with Crippen LogP contribution in [0, 0.1) is 0 Å². The van der Waals surface area contributed by atoms with Gasteiger partial charge >= 0.3 is 0 Å². The summed E-state index contributed by atoms with van der Waals surface area (Å²) < 4.78 is 4.93. The second-order valence-corrected chi connectivity index (χ2v) is 10.7. The molecular weight excluding hydrogens is 480 g/mol. The number of nitrogens with zero attached hydrogens (tertiary/aromatic N) is 2. The predicted molar refractivity (Wildman–Crippen MR) is 165 cm³/mol. The van der Waals surface area contributed by atoms with Gasteiger partial charge in [-0.25, -0.2) is 0 Å². The summed E-state index contributed by atoms with van der Waals surface area (Å²) in [6.45, 7) is 4.34. The maximum atomic E-state index is 4.34. The number of hydrogen-bond donors (Lipinski definition) is 0. The molecule has 0 aliphatic heterocycles. The molecule has 0 aliphatic carbocycles. The van der Waals surface area contributed by atoms with Crippen molar-refractivity contribution in [1.82, 2.24) is 9.55 Å². The van der Waals surface area contributed by atoms with Gasteiger partial charge in [0.15, 0.2) is 0 Å². The van der Waals surface area contributed by atoms with Gasteiger partial charge < -0.3 is 4.57 Å². The van der Waals surface area contributed by atoms with Crippen LogP contribution in [0.4, 0.5) is 0 Å². The first-order valence-electron chi connectivity index (χ1n) is 12.9. The van der Waals surface area contributed by atoms with E-state index in [1.807, 2.05) is 23.7 Å². The van der Waals surface area contributed by atoms with Crippen molar-refractivity contribution in [3.05, 3.63) is 133 Å². The second-order valence-electron chi connectivity index (χ2n) is 9.65. The molecule has 0 amide bonds. The van der Waals surface area contributed by atoms with E-state index in [2.05, 4.69) is 133 Å². The van der Waals surface area contributed by atoms with E-state index in [9.17, 15) is 0 Å². The zero-order valence-electron chi connectivity index (χ0n) is 21.3. The lowest BCUT2D eigenvalue weighted by molar-refractivity contribution is 1.18. The van der Waals surface area contributed by atoms with Crippen LogP contribution in [0.25, 0.3) is 58.8 Å².